The lowest BCUT2D eigenvalue weighted by atomic mass is 10.00. The predicted octanol–water partition coefficient (Wildman–Crippen LogP) is 0.866. The summed E-state index contributed by atoms with van der Waals surface area (Å²) in [6, 6.07) is 0.0651. The Kier molecular flexibility index (Phi) is 4.90. The number of rotatable bonds is 5. The predicted molar refractivity (Wildman–Crippen MR) is 53.3 cm³/mol. The van der Waals surface area contributed by atoms with Gasteiger partial charge in [0.15, 0.2) is 0 Å². The van der Waals surface area contributed by atoms with Gasteiger partial charge < -0.3 is 15.2 Å². The second-order valence-corrected chi connectivity index (χ2v) is 3.96. The van der Waals surface area contributed by atoms with Gasteiger partial charge >= 0.3 is 5.97 Å². The van der Waals surface area contributed by atoms with Crippen molar-refractivity contribution in [3.63, 3.8) is 0 Å². The van der Waals surface area contributed by atoms with Gasteiger partial charge in [-0.15, -0.1) is 0 Å². The Labute approximate surface area is 84.6 Å². The zero-order valence-electron chi connectivity index (χ0n) is 8.66. The van der Waals surface area contributed by atoms with Crippen molar-refractivity contribution in [2.75, 3.05) is 19.8 Å². The average molecular weight is 201 g/mol. The molecule has 0 aromatic heterocycles. The Hall–Kier alpha value is -0.610. The molecule has 0 aliphatic carbocycles. The molecule has 4 heteroatoms. The molecule has 1 saturated heterocycles. The number of hydrogen-bond donors (Lipinski definition) is 2. The van der Waals surface area contributed by atoms with Crippen LogP contribution in [0.25, 0.3) is 0 Å². The number of aliphatic carboxylic acids is 1. The summed E-state index contributed by atoms with van der Waals surface area (Å²) < 4.78 is 5.25. The van der Waals surface area contributed by atoms with Crippen molar-refractivity contribution in [3.8, 4) is 0 Å². The van der Waals surface area contributed by atoms with E-state index < -0.39 is 5.97 Å². The summed E-state index contributed by atoms with van der Waals surface area (Å²) in [6.07, 6.45) is 2.38. The third-order valence-corrected chi connectivity index (χ3v) is 2.58. The van der Waals surface area contributed by atoms with Crippen LogP contribution in [0.2, 0.25) is 0 Å². The number of nitrogens with one attached hydrogen (secondary N) is 1. The van der Waals surface area contributed by atoms with E-state index in [2.05, 4.69) is 5.32 Å². The average Bonchev–Trinajstić information content (AvgIpc) is 2.15. The maximum atomic E-state index is 10.4. The molecule has 0 spiro atoms. The summed E-state index contributed by atoms with van der Waals surface area (Å²) >= 11 is 0. The molecule has 1 rings (SSSR count). The summed E-state index contributed by atoms with van der Waals surface area (Å²) in [4.78, 5) is 10.4. The zero-order valence-corrected chi connectivity index (χ0v) is 8.66. The minimum atomic E-state index is -0.739. The van der Waals surface area contributed by atoms with E-state index in [4.69, 9.17) is 9.84 Å². The number of carboxylic acids is 1. The highest BCUT2D eigenvalue weighted by Gasteiger charge is 2.15. The molecule has 82 valence electrons. The van der Waals surface area contributed by atoms with Gasteiger partial charge in [0.2, 0.25) is 0 Å². The minimum absolute atomic E-state index is 0.0651. The van der Waals surface area contributed by atoms with Gasteiger partial charge in [0.05, 0.1) is 6.42 Å². The highest BCUT2D eigenvalue weighted by atomic mass is 16.5. The first-order chi connectivity index (χ1) is 6.68. The van der Waals surface area contributed by atoms with Crippen LogP contribution in [0.4, 0.5) is 0 Å². The SMILES string of the molecule is CC(CC(=O)O)NCC1CCOCC1. The summed E-state index contributed by atoms with van der Waals surface area (Å²) in [5.41, 5.74) is 0. The van der Waals surface area contributed by atoms with Crippen molar-refractivity contribution in [3.05, 3.63) is 0 Å². The largest absolute Gasteiger partial charge is 0.481 e. The summed E-state index contributed by atoms with van der Waals surface area (Å²) in [7, 11) is 0. The molecule has 1 unspecified atom stereocenters. The fourth-order valence-corrected chi connectivity index (χ4v) is 1.65. The number of carbonyl (C=O) groups is 1. The summed E-state index contributed by atoms with van der Waals surface area (Å²) in [6.45, 7) is 4.52. The van der Waals surface area contributed by atoms with E-state index in [9.17, 15) is 4.79 Å². The normalized spacial score (nSPS) is 20.6. The van der Waals surface area contributed by atoms with E-state index >= 15 is 0 Å². The smallest absolute Gasteiger partial charge is 0.304 e. The fourth-order valence-electron chi connectivity index (χ4n) is 1.65. The lowest BCUT2D eigenvalue weighted by molar-refractivity contribution is -0.137. The molecule has 2 N–H and O–H groups in total. The second-order valence-electron chi connectivity index (χ2n) is 3.96. The number of carboxylic acid groups (broad SMARTS) is 1. The second kappa shape index (κ2) is 5.98. The molecule has 0 aromatic carbocycles. The first kappa shape index (κ1) is 11.5. The van der Waals surface area contributed by atoms with Crippen molar-refractivity contribution in [2.45, 2.75) is 32.2 Å². The molecule has 1 aliphatic heterocycles. The first-order valence-corrected chi connectivity index (χ1v) is 5.21. The zero-order chi connectivity index (χ0) is 10.4. The van der Waals surface area contributed by atoms with Crippen LogP contribution in [0.1, 0.15) is 26.2 Å². The minimum Gasteiger partial charge on any atom is -0.481 e. The van der Waals surface area contributed by atoms with Gasteiger partial charge in [0, 0.05) is 19.3 Å². The monoisotopic (exact) mass is 201 g/mol. The molecule has 0 bridgehead atoms. The van der Waals surface area contributed by atoms with Crippen LogP contribution in [0.5, 0.6) is 0 Å². The van der Waals surface area contributed by atoms with E-state index in [1.54, 1.807) is 0 Å². The topological polar surface area (TPSA) is 58.6 Å². The Bertz CT molecular complexity index is 178. The van der Waals surface area contributed by atoms with E-state index in [0.717, 1.165) is 32.6 Å². The molecule has 1 heterocycles. The van der Waals surface area contributed by atoms with E-state index in [1.165, 1.54) is 0 Å². The third kappa shape index (κ3) is 4.58. The standard InChI is InChI=1S/C10H19NO3/c1-8(6-10(12)13)11-7-9-2-4-14-5-3-9/h8-9,11H,2-7H2,1H3,(H,12,13). The molecule has 0 aromatic rings. The molecule has 1 atom stereocenters. The highest BCUT2D eigenvalue weighted by molar-refractivity contribution is 5.67. The van der Waals surface area contributed by atoms with E-state index in [1.807, 2.05) is 6.92 Å². The molecular weight excluding hydrogens is 182 g/mol. The lowest BCUT2D eigenvalue weighted by Gasteiger charge is -2.23. The maximum absolute atomic E-state index is 10.4. The van der Waals surface area contributed by atoms with Gasteiger partial charge in [0.25, 0.3) is 0 Å². The van der Waals surface area contributed by atoms with Gasteiger partial charge in [-0.3, -0.25) is 4.79 Å². The van der Waals surface area contributed by atoms with Gasteiger partial charge in [-0.05, 0) is 32.2 Å². The fraction of sp³-hybridized carbons (Fsp3) is 0.900. The molecule has 0 amide bonds. The van der Waals surface area contributed by atoms with Crippen molar-refractivity contribution < 1.29 is 14.6 Å². The third-order valence-electron chi connectivity index (χ3n) is 2.58. The molecule has 1 aliphatic rings. The Morgan fingerprint density at radius 3 is 2.79 bits per heavy atom. The number of ether oxygens (including phenoxy) is 1. The van der Waals surface area contributed by atoms with Gasteiger partial charge in [-0.2, -0.15) is 0 Å². The summed E-state index contributed by atoms with van der Waals surface area (Å²) in [5.74, 6) is -0.0861. The van der Waals surface area contributed by atoms with Crippen LogP contribution in [-0.4, -0.2) is 36.9 Å². The van der Waals surface area contributed by atoms with Gasteiger partial charge in [0.1, 0.15) is 0 Å². The molecule has 4 nitrogen and oxygen atoms in total. The first-order valence-electron chi connectivity index (χ1n) is 5.21. The summed E-state index contributed by atoms with van der Waals surface area (Å²) in [5, 5.41) is 11.8. The van der Waals surface area contributed by atoms with Crippen molar-refractivity contribution in [2.24, 2.45) is 5.92 Å². The molecular formula is C10H19NO3. The van der Waals surface area contributed by atoms with E-state index in [-0.39, 0.29) is 12.5 Å². The van der Waals surface area contributed by atoms with Crippen molar-refractivity contribution in [1.29, 1.82) is 0 Å². The quantitative estimate of drug-likeness (QED) is 0.693. The van der Waals surface area contributed by atoms with Crippen LogP contribution < -0.4 is 5.32 Å². The number of hydrogen-bond acceptors (Lipinski definition) is 3. The van der Waals surface area contributed by atoms with Crippen molar-refractivity contribution in [1.82, 2.24) is 5.32 Å². The van der Waals surface area contributed by atoms with Crippen LogP contribution in [0.3, 0.4) is 0 Å². The van der Waals surface area contributed by atoms with E-state index in [0.29, 0.717) is 5.92 Å². The Morgan fingerprint density at radius 2 is 2.21 bits per heavy atom. The lowest BCUT2D eigenvalue weighted by Crippen LogP contribution is -2.34. The maximum Gasteiger partial charge on any atom is 0.304 e. The Balaban J connectivity index is 2.09. The van der Waals surface area contributed by atoms with Gasteiger partial charge in [-0.25, -0.2) is 0 Å². The van der Waals surface area contributed by atoms with Crippen molar-refractivity contribution >= 4 is 5.97 Å². The molecule has 14 heavy (non-hydrogen) atoms. The van der Waals surface area contributed by atoms with Crippen LogP contribution in [0, 0.1) is 5.92 Å². The molecule has 1 fully saturated rings. The molecule has 0 radical (unpaired) electrons. The van der Waals surface area contributed by atoms with Crippen LogP contribution in [-0.2, 0) is 9.53 Å². The highest BCUT2D eigenvalue weighted by Crippen LogP contribution is 2.13. The van der Waals surface area contributed by atoms with Crippen LogP contribution >= 0.6 is 0 Å². The van der Waals surface area contributed by atoms with Crippen LogP contribution in [0.15, 0.2) is 0 Å². The Morgan fingerprint density at radius 1 is 1.57 bits per heavy atom. The van der Waals surface area contributed by atoms with Gasteiger partial charge in [-0.1, -0.05) is 0 Å². The molecule has 0 saturated carbocycles.